The summed E-state index contributed by atoms with van der Waals surface area (Å²) in [5.41, 5.74) is 2.07. The molecule has 1 aromatic carbocycles. The molecule has 0 radical (unpaired) electrons. The molecule has 124 valence electrons. The Labute approximate surface area is 139 Å². The van der Waals surface area contributed by atoms with Crippen LogP contribution in [0.5, 0.6) is 0 Å². The van der Waals surface area contributed by atoms with Gasteiger partial charge in [-0.15, -0.1) is 0 Å². The second-order valence-electron chi connectivity index (χ2n) is 5.68. The van der Waals surface area contributed by atoms with E-state index in [0.29, 0.717) is 25.3 Å². The minimum absolute atomic E-state index is 0.0853. The molecule has 3 rings (SSSR count). The van der Waals surface area contributed by atoms with Crippen LogP contribution in [-0.2, 0) is 17.9 Å². The van der Waals surface area contributed by atoms with Gasteiger partial charge in [0.05, 0.1) is 12.4 Å². The van der Waals surface area contributed by atoms with E-state index in [0.717, 1.165) is 24.1 Å². The molecule has 0 unspecified atom stereocenters. The quantitative estimate of drug-likeness (QED) is 0.842. The number of carbonyl (C=O) groups excluding carboxylic acids is 1. The third-order valence-corrected chi connectivity index (χ3v) is 3.88. The fourth-order valence-electron chi connectivity index (χ4n) is 2.65. The topological polar surface area (TPSA) is 95.4 Å². The summed E-state index contributed by atoms with van der Waals surface area (Å²) in [5.74, 6) is -0.370. The summed E-state index contributed by atoms with van der Waals surface area (Å²) < 4.78 is 0. The lowest BCUT2D eigenvalue weighted by molar-refractivity contribution is -0.128. The molecule has 1 aliphatic rings. The molecule has 2 heterocycles. The molecule has 0 saturated carbocycles. The normalized spacial score (nSPS) is 14.0. The van der Waals surface area contributed by atoms with Gasteiger partial charge in [-0.1, -0.05) is 24.3 Å². The second-order valence-corrected chi connectivity index (χ2v) is 5.68. The van der Waals surface area contributed by atoms with E-state index in [1.54, 1.807) is 0 Å². The van der Waals surface area contributed by atoms with Crippen molar-refractivity contribution in [3.63, 3.8) is 0 Å². The minimum atomic E-state index is -1.10. The molecule has 1 fully saturated rings. The van der Waals surface area contributed by atoms with E-state index in [2.05, 4.69) is 21.4 Å². The number of nitrogens with zero attached hydrogens (tertiary/aromatic N) is 3. The zero-order valence-corrected chi connectivity index (χ0v) is 13.1. The number of amides is 1. The van der Waals surface area contributed by atoms with E-state index in [1.165, 1.54) is 12.4 Å². The molecule has 1 aromatic heterocycles. The van der Waals surface area contributed by atoms with Crippen LogP contribution in [0, 0.1) is 0 Å². The maximum Gasteiger partial charge on any atom is 0.356 e. The molecular weight excluding hydrogens is 308 g/mol. The van der Waals surface area contributed by atoms with Gasteiger partial charge < -0.3 is 15.3 Å². The molecule has 1 saturated heterocycles. The summed E-state index contributed by atoms with van der Waals surface area (Å²) in [7, 11) is 0. The van der Waals surface area contributed by atoms with Crippen molar-refractivity contribution in [3.8, 4) is 0 Å². The maximum atomic E-state index is 11.7. The van der Waals surface area contributed by atoms with Gasteiger partial charge in [0.2, 0.25) is 5.91 Å². The van der Waals surface area contributed by atoms with E-state index in [-0.39, 0.29) is 11.6 Å². The number of benzene rings is 1. The van der Waals surface area contributed by atoms with Gasteiger partial charge in [0.25, 0.3) is 0 Å². The van der Waals surface area contributed by atoms with Crippen LogP contribution in [-0.4, -0.2) is 38.4 Å². The Kier molecular flexibility index (Phi) is 4.69. The van der Waals surface area contributed by atoms with Crippen LogP contribution in [0.3, 0.4) is 0 Å². The van der Waals surface area contributed by atoms with Gasteiger partial charge in [0.15, 0.2) is 5.69 Å². The van der Waals surface area contributed by atoms with E-state index >= 15 is 0 Å². The number of nitrogens with one attached hydrogen (secondary N) is 1. The zero-order chi connectivity index (χ0) is 16.9. The largest absolute Gasteiger partial charge is 0.476 e. The lowest BCUT2D eigenvalue weighted by Gasteiger charge is -2.16. The van der Waals surface area contributed by atoms with Gasteiger partial charge in [0.1, 0.15) is 5.82 Å². The number of aromatic carboxylic acids is 1. The fourth-order valence-corrected chi connectivity index (χ4v) is 2.65. The van der Waals surface area contributed by atoms with Crippen molar-refractivity contribution in [1.29, 1.82) is 0 Å². The van der Waals surface area contributed by atoms with Crippen molar-refractivity contribution in [2.24, 2.45) is 0 Å². The SMILES string of the molecule is O=C(O)c1cnc(NCc2cccc(CN3CCCC3=O)c2)cn1. The molecule has 24 heavy (non-hydrogen) atoms. The maximum absolute atomic E-state index is 11.7. The van der Waals surface area contributed by atoms with E-state index in [1.807, 2.05) is 23.1 Å². The lowest BCUT2D eigenvalue weighted by Crippen LogP contribution is -2.23. The van der Waals surface area contributed by atoms with Crippen molar-refractivity contribution in [2.75, 3.05) is 11.9 Å². The Hall–Kier alpha value is -2.96. The molecule has 2 N–H and O–H groups in total. The highest BCUT2D eigenvalue weighted by Crippen LogP contribution is 2.15. The second kappa shape index (κ2) is 7.08. The number of anilines is 1. The highest BCUT2D eigenvalue weighted by Gasteiger charge is 2.19. The molecule has 0 bridgehead atoms. The van der Waals surface area contributed by atoms with Crippen LogP contribution in [0.4, 0.5) is 5.82 Å². The smallest absolute Gasteiger partial charge is 0.356 e. The standard InChI is InChI=1S/C17H18N4O3/c22-16-5-2-6-21(16)11-13-4-1-3-12(7-13)8-19-15-10-18-14(9-20-15)17(23)24/h1,3-4,7,9-10H,2,5-6,8,11H2,(H,19,20)(H,23,24). The monoisotopic (exact) mass is 326 g/mol. The first-order valence-corrected chi connectivity index (χ1v) is 7.76. The lowest BCUT2D eigenvalue weighted by atomic mass is 10.1. The molecule has 7 heteroatoms. The van der Waals surface area contributed by atoms with E-state index in [4.69, 9.17) is 5.11 Å². The Morgan fingerprint density at radius 1 is 1.25 bits per heavy atom. The van der Waals surface area contributed by atoms with Crippen LogP contribution < -0.4 is 5.32 Å². The molecular formula is C17H18N4O3. The first-order valence-electron chi connectivity index (χ1n) is 7.76. The van der Waals surface area contributed by atoms with Crippen LogP contribution >= 0.6 is 0 Å². The van der Waals surface area contributed by atoms with Gasteiger partial charge in [0, 0.05) is 26.1 Å². The summed E-state index contributed by atoms with van der Waals surface area (Å²) in [6, 6.07) is 8.02. The first kappa shape index (κ1) is 15.9. The molecule has 0 aliphatic carbocycles. The number of rotatable bonds is 6. The summed E-state index contributed by atoms with van der Waals surface area (Å²) in [6.45, 7) is 2.01. The molecule has 2 aromatic rings. The molecule has 0 spiro atoms. The van der Waals surface area contributed by atoms with Crippen molar-refractivity contribution < 1.29 is 14.7 Å². The fraction of sp³-hybridized carbons (Fsp3) is 0.294. The zero-order valence-electron chi connectivity index (χ0n) is 13.1. The summed E-state index contributed by atoms with van der Waals surface area (Å²) in [5, 5.41) is 11.9. The minimum Gasteiger partial charge on any atom is -0.476 e. The number of likely N-dealkylation sites (tertiary alicyclic amines) is 1. The number of carboxylic acids is 1. The van der Waals surface area contributed by atoms with Gasteiger partial charge in [-0.25, -0.2) is 14.8 Å². The first-order chi connectivity index (χ1) is 11.6. The number of hydrogen-bond acceptors (Lipinski definition) is 5. The van der Waals surface area contributed by atoms with Gasteiger partial charge in [-0.2, -0.15) is 0 Å². The third-order valence-electron chi connectivity index (χ3n) is 3.88. The van der Waals surface area contributed by atoms with Crippen LogP contribution in [0.2, 0.25) is 0 Å². The number of aromatic nitrogens is 2. The Morgan fingerprint density at radius 2 is 2.08 bits per heavy atom. The summed E-state index contributed by atoms with van der Waals surface area (Å²) >= 11 is 0. The molecule has 7 nitrogen and oxygen atoms in total. The van der Waals surface area contributed by atoms with Gasteiger partial charge in [-0.05, 0) is 17.5 Å². The van der Waals surface area contributed by atoms with Crippen LogP contribution in [0.1, 0.15) is 34.5 Å². The number of carbonyl (C=O) groups is 2. The predicted molar refractivity (Wildman–Crippen MR) is 87.4 cm³/mol. The van der Waals surface area contributed by atoms with Crippen molar-refractivity contribution in [2.45, 2.75) is 25.9 Å². The van der Waals surface area contributed by atoms with E-state index in [9.17, 15) is 9.59 Å². The van der Waals surface area contributed by atoms with Crippen molar-refractivity contribution >= 4 is 17.7 Å². The van der Waals surface area contributed by atoms with Crippen molar-refractivity contribution in [3.05, 3.63) is 53.5 Å². The molecule has 0 atom stereocenters. The van der Waals surface area contributed by atoms with Gasteiger partial charge >= 0.3 is 5.97 Å². The van der Waals surface area contributed by atoms with Crippen LogP contribution in [0.25, 0.3) is 0 Å². The average molecular weight is 326 g/mol. The number of carboxylic acid groups (broad SMARTS) is 1. The molecule has 1 amide bonds. The highest BCUT2D eigenvalue weighted by molar-refractivity contribution is 5.84. The predicted octanol–water partition coefficient (Wildman–Crippen LogP) is 1.91. The Morgan fingerprint density at radius 3 is 2.75 bits per heavy atom. The van der Waals surface area contributed by atoms with E-state index < -0.39 is 5.97 Å². The Balaban J connectivity index is 1.60. The van der Waals surface area contributed by atoms with Crippen molar-refractivity contribution in [1.82, 2.24) is 14.9 Å². The summed E-state index contributed by atoms with van der Waals surface area (Å²) in [6.07, 6.45) is 4.20. The third kappa shape index (κ3) is 3.87. The Bertz CT molecular complexity index is 746. The van der Waals surface area contributed by atoms with Gasteiger partial charge in [-0.3, -0.25) is 4.79 Å². The van der Waals surface area contributed by atoms with Crippen LogP contribution in [0.15, 0.2) is 36.7 Å². The number of hydrogen-bond donors (Lipinski definition) is 2. The highest BCUT2D eigenvalue weighted by atomic mass is 16.4. The molecule has 1 aliphatic heterocycles. The average Bonchev–Trinajstić information content (AvgIpc) is 2.98. The summed E-state index contributed by atoms with van der Waals surface area (Å²) in [4.78, 5) is 32.2.